The van der Waals surface area contributed by atoms with Gasteiger partial charge in [-0.05, 0) is 6.07 Å². The van der Waals surface area contributed by atoms with Crippen LogP contribution in [0.2, 0.25) is 0 Å². The molecular weight excluding hydrogens is 325 g/mol. The molecule has 3 heterocycles. The number of aromatic nitrogens is 4. The monoisotopic (exact) mass is 340 g/mol. The summed E-state index contributed by atoms with van der Waals surface area (Å²) in [6.45, 7) is 2.15. The van der Waals surface area contributed by atoms with Crippen molar-refractivity contribution in [1.82, 2.24) is 19.9 Å². The van der Waals surface area contributed by atoms with E-state index in [0.717, 1.165) is 12.3 Å². The molecule has 0 amide bonds. The van der Waals surface area contributed by atoms with E-state index in [1.54, 1.807) is 11.0 Å². The van der Waals surface area contributed by atoms with E-state index in [-0.39, 0.29) is 5.95 Å². The van der Waals surface area contributed by atoms with Crippen LogP contribution in [0.1, 0.15) is 5.69 Å². The number of piperazine rings is 1. The standard InChI is InChI=1S/C14H15F3N6O/c1-24-12-8-11(19-9-20-12)22-4-6-23(7-5-22)13-18-3-2-10(21-13)14(15,16)17/h2-3,8-9H,4-7H2,1H3. The summed E-state index contributed by atoms with van der Waals surface area (Å²) in [5.41, 5.74) is -0.935. The maximum absolute atomic E-state index is 12.7. The van der Waals surface area contributed by atoms with Gasteiger partial charge < -0.3 is 14.5 Å². The number of methoxy groups -OCH3 is 1. The number of anilines is 2. The first-order valence-electron chi connectivity index (χ1n) is 7.23. The molecule has 7 nitrogen and oxygen atoms in total. The van der Waals surface area contributed by atoms with E-state index in [1.807, 2.05) is 4.90 Å². The van der Waals surface area contributed by atoms with Gasteiger partial charge in [-0.3, -0.25) is 0 Å². The summed E-state index contributed by atoms with van der Waals surface area (Å²) in [7, 11) is 1.52. The molecule has 128 valence electrons. The van der Waals surface area contributed by atoms with Crippen molar-refractivity contribution in [2.45, 2.75) is 6.18 Å². The van der Waals surface area contributed by atoms with Gasteiger partial charge in [0.1, 0.15) is 17.8 Å². The van der Waals surface area contributed by atoms with Gasteiger partial charge in [-0.1, -0.05) is 0 Å². The second-order valence-electron chi connectivity index (χ2n) is 5.13. The van der Waals surface area contributed by atoms with Crippen molar-refractivity contribution in [3.63, 3.8) is 0 Å². The zero-order chi connectivity index (χ0) is 17.2. The van der Waals surface area contributed by atoms with Crippen LogP contribution >= 0.6 is 0 Å². The smallest absolute Gasteiger partial charge is 0.433 e. The first kappa shape index (κ1) is 16.2. The van der Waals surface area contributed by atoms with Crippen LogP contribution in [0.25, 0.3) is 0 Å². The van der Waals surface area contributed by atoms with E-state index in [2.05, 4.69) is 19.9 Å². The number of halogens is 3. The molecule has 0 aromatic carbocycles. The van der Waals surface area contributed by atoms with Crippen LogP contribution in [0.3, 0.4) is 0 Å². The SMILES string of the molecule is COc1cc(N2CCN(c3nccc(C(F)(F)F)n3)CC2)ncn1. The predicted molar refractivity (Wildman–Crippen MR) is 80.0 cm³/mol. The Balaban J connectivity index is 1.69. The molecule has 24 heavy (non-hydrogen) atoms. The van der Waals surface area contributed by atoms with Crippen LogP contribution in [-0.4, -0.2) is 53.2 Å². The molecule has 2 aromatic rings. The van der Waals surface area contributed by atoms with E-state index in [0.29, 0.717) is 37.9 Å². The lowest BCUT2D eigenvalue weighted by Crippen LogP contribution is -2.47. The number of alkyl halides is 3. The Morgan fingerprint density at radius 3 is 2.42 bits per heavy atom. The van der Waals surface area contributed by atoms with Gasteiger partial charge in [-0.2, -0.15) is 13.2 Å². The van der Waals surface area contributed by atoms with Crippen molar-refractivity contribution in [3.05, 3.63) is 30.4 Å². The van der Waals surface area contributed by atoms with Gasteiger partial charge in [-0.25, -0.2) is 19.9 Å². The number of ether oxygens (including phenoxy) is 1. The second kappa shape index (κ2) is 6.46. The summed E-state index contributed by atoms with van der Waals surface area (Å²) in [6, 6.07) is 2.59. The molecule has 0 radical (unpaired) electrons. The molecule has 1 aliphatic heterocycles. The summed E-state index contributed by atoms with van der Waals surface area (Å²) >= 11 is 0. The molecule has 0 saturated carbocycles. The summed E-state index contributed by atoms with van der Waals surface area (Å²) in [4.78, 5) is 19.4. The lowest BCUT2D eigenvalue weighted by Gasteiger charge is -2.35. The van der Waals surface area contributed by atoms with Gasteiger partial charge in [-0.15, -0.1) is 0 Å². The Morgan fingerprint density at radius 2 is 1.75 bits per heavy atom. The van der Waals surface area contributed by atoms with Gasteiger partial charge in [0.05, 0.1) is 7.11 Å². The van der Waals surface area contributed by atoms with Crippen LogP contribution in [0.4, 0.5) is 24.9 Å². The molecule has 0 spiro atoms. The number of hydrogen-bond donors (Lipinski definition) is 0. The minimum Gasteiger partial charge on any atom is -0.481 e. The lowest BCUT2D eigenvalue weighted by atomic mass is 10.3. The predicted octanol–water partition coefficient (Wildman–Crippen LogP) is 1.62. The molecule has 1 aliphatic rings. The van der Waals surface area contributed by atoms with Crippen LogP contribution in [-0.2, 0) is 6.18 Å². The Kier molecular flexibility index (Phi) is 4.36. The van der Waals surface area contributed by atoms with E-state index in [9.17, 15) is 13.2 Å². The summed E-state index contributed by atoms with van der Waals surface area (Å²) < 4.78 is 43.3. The lowest BCUT2D eigenvalue weighted by molar-refractivity contribution is -0.141. The summed E-state index contributed by atoms with van der Waals surface area (Å²) in [5.74, 6) is 1.26. The number of hydrogen-bond acceptors (Lipinski definition) is 7. The van der Waals surface area contributed by atoms with Crippen LogP contribution in [0, 0.1) is 0 Å². The fraction of sp³-hybridized carbons (Fsp3) is 0.429. The van der Waals surface area contributed by atoms with E-state index >= 15 is 0 Å². The largest absolute Gasteiger partial charge is 0.481 e. The molecule has 0 bridgehead atoms. The van der Waals surface area contributed by atoms with Crippen molar-refractivity contribution in [2.75, 3.05) is 43.1 Å². The Labute approximate surface area is 136 Å². The highest BCUT2D eigenvalue weighted by Gasteiger charge is 2.33. The molecular formula is C14H15F3N6O. The normalized spacial score (nSPS) is 15.5. The maximum atomic E-state index is 12.7. The summed E-state index contributed by atoms with van der Waals surface area (Å²) in [6.07, 6.45) is -1.93. The third kappa shape index (κ3) is 3.47. The molecule has 10 heteroatoms. The van der Waals surface area contributed by atoms with E-state index < -0.39 is 11.9 Å². The number of nitrogens with zero attached hydrogens (tertiary/aromatic N) is 6. The zero-order valence-corrected chi connectivity index (χ0v) is 12.9. The Morgan fingerprint density at radius 1 is 1.04 bits per heavy atom. The molecule has 0 N–H and O–H groups in total. The quantitative estimate of drug-likeness (QED) is 0.841. The minimum absolute atomic E-state index is 0.0877. The van der Waals surface area contributed by atoms with Gasteiger partial charge in [0.25, 0.3) is 0 Å². The first-order chi connectivity index (χ1) is 11.5. The fourth-order valence-electron chi connectivity index (χ4n) is 2.41. The molecule has 0 unspecified atom stereocenters. The molecule has 1 fully saturated rings. The molecule has 2 aromatic heterocycles. The topological polar surface area (TPSA) is 67.3 Å². The second-order valence-corrected chi connectivity index (χ2v) is 5.13. The van der Waals surface area contributed by atoms with Gasteiger partial charge in [0.2, 0.25) is 11.8 Å². The van der Waals surface area contributed by atoms with Gasteiger partial charge in [0, 0.05) is 38.4 Å². The highest BCUT2D eigenvalue weighted by molar-refractivity contribution is 5.44. The van der Waals surface area contributed by atoms with Crippen molar-refractivity contribution < 1.29 is 17.9 Å². The Bertz CT molecular complexity index is 703. The van der Waals surface area contributed by atoms with Crippen LogP contribution < -0.4 is 14.5 Å². The highest BCUT2D eigenvalue weighted by Crippen LogP contribution is 2.28. The molecule has 0 atom stereocenters. The average molecular weight is 340 g/mol. The van der Waals surface area contributed by atoms with E-state index in [1.165, 1.54) is 13.4 Å². The first-order valence-corrected chi connectivity index (χ1v) is 7.23. The minimum atomic E-state index is -4.48. The third-order valence-electron chi connectivity index (χ3n) is 3.66. The number of rotatable bonds is 3. The molecule has 1 saturated heterocycles. The highest BCUT2D eigenvalue weighted by atomic mass is 19.4. The van der Waals surface area contributed by atoms with Crippen LogP contribution in [0.5, 0.6) is 5.88 Å². The Hall–Kier alpha value is -2.65. The van der Waals surface area contributed by atoms with Crippen molar-refractivity contribution >= 4 is 11.8 Å². The van der Waals surface area contributed by atoms with Crippen molar-refractivity contribution in [3.8, 4) is 5.88 Å². The van der Waals surface area contributed by atoms with E-state index in [4.69, 9.17) is 4.74 Å². The molecule has 0 aliphatic carbocycles. The van der Waals surface area contributed by atoms with Gasteiger partial charge in [0.15, 0.2) is 0 Å². The summed E-state index contributed by atoms with van der Waals surface area (Å²) in [5, 5.41) is 0. The average Bonchev–Trinajstić information content (AvgIpc) is 2.61. The zero-order valence-electron chi connectivity index (χ0n) is 12.9. The van der Waals surface area contributed by atoms with Gasteiger partial charge >= 0.3 is 6.18 Å². The third-order valence-corrected chi connectivity index (χ3v) is 3.66. The maximum Gasteiger partial charge on any atom is 0.433 e. The van der Waals surface area contributed by atoms with Crippen molar-refractivity contribution in [1.29, 1.82) is 0 Å². The molecule has 3 rings (SSSR count). The van der Waals surface area contributed by atoms with Crippen molar-refractivity contribution in [2.24, 2.45) is 0 Å². The van der Waals surface area contributed by atoms with Crippen LogP contribution in [0.15, 0.2) is 24.7 Å². The fourth-order valence-corrected chi connectivity index (χ4v) is 2.41.